The fraction of sp³-hybridized carbons (Fsp3) is 0.355. The third kappa shape index (κ3) is 8.39. The third-order valence-electron chi connectivity index (χ3n) is 6.53. The van der Waals surface area contributed by atoms with E-state index in [0.717, 1.165) is 27.3 Å². The Morgan fingerprint density at radius 3 is 2.12 bits per heavy atom. The van der Waals surface area contributed by atoms with Gasteiger partial charge in [0.05, 0.1) is 11.9 Å². The Balaban J connectivity index is 2.10. The van der Waals surface area contributed by atoms with Crippen molar-refractivity contribution in [3.63, 3.8) is 0 Å². The molecule has 0 aliphatic heterocycles. The lowest BCUT2D eigenvalue weighted by Crippen LogP contribution is -2.56. The van der Waals surface area contributed by atoms with Gasteiger partial charge in [-0.05, 0) is 69.5 Å². The van der Waals surface area contributed by atoms with Gasteiger partial charge in [-0.25, -0.2) is 12.8 Å². The Labute approximate surface area is 237 Å². The first-order valence-electron chi connectivity index (χ1n) is 13.1. The van der Waals surface area contributed by atoms with Crippen LogP contribution in [0, 0.1) is 19.7 Å². The maximum atomic E-state index is 14.8. The monoisotopic (exact) mass is 567 g/mol. The minimum atomic E-state index is -3.88. The number of hydrogen-bond donors (Lipinski definition) is 1. The summed E-state index contributed by atoms with van der Waals surface area (Å²) in [5.41, 5.74) is 2.60. The van der Waals surface area contributed by atoms with Gasteiger partial charge in [-0.2, -0.15) is 0 Å². The lowest BCUT2D eigenvalue weighted by atomic mass is 10.0. The standard InChI is InChI=1S/C31H38FN3O4S/c1-22-16-17-26(18-23(22)2)35(40(6,38)39)21-29(36)34(20-25-14-10-11-15-27(25)32)28(30(37)33-31(3,4)5)19-24-12-8-7-9-13-24/h7-18,28H,19-21H2,1-6H3,(H,33,37). The third-order valence-corrected chi connectivity index (χ3v) is 7.67. The van der Waals surface area contributed by atoms with E-state index < -0.39 is 45.8 Å². The van der Waals surface area contributed by atoms with Gasteiger partial charge >= 0.3 is 0 Å². The van der Waals surface area contributed by atoms with Crippen LogP contribution in [-0.2, 0) is 32.6 Å². The molecule has 1 unspecified atom stereocenters. The van der Waals surface area contributed by atoms with E-state index in [4.69, 9.17) is 0 Å². The fourth-order valence-electron chi connectivity index (χ4n) is 4.31. The SMILES string of the molecule is Cc1ccc(N(CC(=O)N(Cc2ccccc2F)C(Cc2ccccc2)C(=O)NC(C)(C)C)S(C)(=O)=O)cc1C. The summed E-state index contributed by atoms with van der Waals surface area (Å²) in [6.07, 6.45) is 1.19. The molecule has 3 rings (SSSR count). The Kier molecular flexibility index (Phi) is 9.73. The number of carbonyl (C=O) groups is 2. The van der Waals surface area contributed by atoms with E-state index in [-0.39, 0.29) is 18.5 Å². The number of sulfonamides is 1. The van der Waals surface area contributed by atoms with Crippen LogP contribution in [0.3, 0.4) is 0 Å². The number of amides is 2. The van der Waals surface area contributed by atoms with E-state index in [1.165, 1.54) is 11.0 Å². The topological polar surface area (TPSA) is 86.8 Å². The molecule has 0 heterocycles. The van der Waals surface area contributed by atoms with E-state index in [9.17, 15) is 22.4 Å². The highest BCUT2D eigenvalue weighted by molar-refractivity contribution is 7.92. The van der Waals surface area contributed by atoms with Gasteiger partial charge in [0.2, 0.25) is 21.8 Å². The van der Waals surface area contributed by atoms with Crippen molar-refractivity contribution in [3.8, 4) is 0 Å². The average molecular weight is 568 g/mol. The van der Waals surface area contributed by atoms with Gasteiger partial charge in [-0.15, -0.1) is 0 Å². The van der Waals surface area contributed by atoms with Gasteiger partial charge < -0.3 is 10.2 Å². The molecular weight excluding hydrogens is 529 g/mol. The molecule has 7 nitrogen and oxygen atoms in total. The number of benzene rings is 3. The molecule has 0 aromatic heterocycles. The van der Waals surface area contributed by atoms with Crippen molar-refractivity contribution in [2.45, 2.75) is 59.2 Å². The predicted octanol–water partition coefficient (Wildman–Crippen LogP) is 4.76. The largest absolute Gasteiger partial charge is 0.350 e. The zero-order valence-corrected chi connectivity index (χ0v) is 24.8. The van der Waals surface area contributed by atoms with E-state index in [1.807, 2.05) is 65.0 Å². The zero-order valence-electron chi connectivity index (χ0n) is 23.9. The van der Waals surface area contributed by atoms with Crippen LogP contribution in [0.15, 0.2) is 72.8 Å². The van der Waals surface area contributed by atoms with Gasteiger partial charge in [-0.1, -0.05) is 54.6 Å². The minimum Gasteiger partial charge on any atom is -0.350 e. The summed E-state index contributed by atoms with van der Waals surface area (Å²) >= 11 is 0. The summed E-state index contributed by atoms with van der Waals surface area (Å²) in [5.74, 6) is -1.57. The average Bonchev–Trinajstić information content (AvgIpc) is 2.86. The first-order valence-corrected chi connectivity index (χ1v) is 14.9. The molecule has 0 fully saturated rings. The Morgan fingerprint density at radius 1 is 0.925 bits per heavy atom. The molecule has 0 aliphatic rings. The van der Waals surface area contributed by atoms with Gasteiger partial charge in [0.25, 0.3) is 0 Å². The fourth-order valence-corrected chi connectivity index (χ4v) is 5.15. The van der Waals surface area contributed by atoms with Crippen LogP contribution in [-0.4, -0.2) is 49.5 Å². The molecule has 214 valence electrons. The molecule has 0 spiro atoms. The van der Waals surface area contributed by atoms with Gasteiger partial charge in [0.15, 0.2) is 0 Å². The summed E-state index contributed by atoms with van der Waals surface area (Å²) in [4.78, 5) is 29.0. The van der Waals surface area contributed by atoms with E-state index in [1.54, 1.807) is 36.4 Å². The van der Waals surface area contributed by atoms with Crippen LogP contribution in [0.5, 0.6) is 0 Å². The van der Waals surface area contributed by atoms with Gasteiger partial charge in [0.1, 0.15) is 18.4 Å². The van der Waals surface area contributed by atoms with E-state index >= 15 is 0 Å². The van der Waals surface area contributed by atoms with E-state index in [0.29, 0.717) is 5.69 Å². The van der Waals surface area contributed by atoms with Crippen molar-refractivity contribution in [1.82, 2.24) is 10.2 Å². The molecule has 0 aliphatic carbocycles. The number of nitrogens with zero attached hydrogens (tertiary/aromatic N) is 2. The highest BCUT2D eigenvalue weighted by atomic mass is 32.2. The molecule has 3 aromatic carbocycles. The van der Waals surface area contributed by atoms with Crippen molar-refractivity contribution < 1.29 is 22.4 Å². The van der Waals surface area contributed by atoms with Gasteiger partial charge in [0, 0.05) is 24.1 Å². The molecular formula is C31H38FN3O4S. The maximum Gasteiger partial charge on any atom is 0.244 e. The highest BCUT2D eigenvalue weighted by Gasteiger charge is 2.34. The Morgan fingerprint density at radius 2 is 1.55 bits per heavy atom. The number of carbonyl (C=O) groups excluding carboxylic acids is 2. The van der Waals surface area contributed by atoms with Crippen molar-refractivity contribution in [1.29, 1.82) is 0 Å². The first-order chi connectivity index (χ1) is 18.7. The molecule has 9 heteroatoms. The molecule has 0 bridgehead atoms. The van der Waals surface area contributed by atoms with E-state index in [2.05, 4.69) is 5.32 Å². The number of aryl methyl sites for hydroxylation is 2. The van der Waals surface area contributed by atoms with Crippen LogP contribution in [0.25, 0.3) is 0 Å². The summed E-state index contributed by atoms with van der Waals surface area (Å²) < 4.78 is 41.6. The summed E-state index contributed by atoms with van der Waals surface area (Å²) in [6.45, 7) is 8.50. The van der Waals surface area contributed by atoms with Crippen molar-refractivity contribution >= 4 is 27.5 Å². The summed E-state index contributed by atoms with van der Waals surface area (Å²) in [6, 6.07) is 19.4. The van der Waals surface area contributed by atoms with Crippen molar-refractivity contribution in [2.24, 2.45) is 0 Å². The minimum absolute atomic E-state index is 0.158. The van der Waals surface area contributed by atoms with Crippen LogP contribution < -0.4 is 9.62 Å². The normalized spacial score (nSPS) is 12.5. The Hall–Kier alpha value is -3.72. The van der Waals surface area contributed by atoms with Crippen LogP contribution in [0.2, 0.25) is 0 Å². The van der Waals surface area contributed by atoms with Crippen molar-refractivity contribution in [3.05, 3.63) is 101 Å². The first kappa shape index (κ1) is 30.8. The summed E-state index contributed by atoms with van der Waals surface area (Å²) in [7, 11) is -3.88. The molecule has 40 heavy (non-hydrogen) atoms. The number of nitrogens with one attached hydrogen (secondary N) is 1. The lowest BCUT2D eigenvalue weighted by molar-refractivity contribution is -0.140. The van der Waals surface area contributed by atoms with Gasteiger partial charge in [-0.3, -0.25) is 13.9 Å². The van der Waals surface area contributed by atoms with Crippen LogP contribution in [0.1, 0.15) is 43.0 Å². The second-order valence-electron chi connectivity index (χ2n) is 11.1. The number of hydrogen-bond acceptors (Lipinski definition) is 4. The predicted molar refractivity (Wildman–Crippen MR) is 157 cm³/mol. The highest BCUT2D eigenvalue weighted by Crippen LogP contribution is 2.23. The second-order valence-corrected chi connectivity index (χ2v) is 13.0. The quantitative estimate of drug-likeness (QED) is 0.383. The molecule has 1 atom stereocenters. The zero-order chi connectivity index (χ0) is 29.7. The van der Waals surface area contributed by atoms with Crippen LogP contribution >= 0.6 is 0 Å². The lowest BCUT2D eigenvalue weighted by Gasteiger charge is -2.35. The maximum absolute atomic E-state index is 14.8. The molecule has 0 radical (unpaired) electrons. The summed E-state index contributed by atoms with van der Waals surface area (Å²) in [5, 5.41) is 2.95. The molecule has 0 saturated heterocycles. The molecule has 0 saturated carbocycles. The smallest absolute Gasteiger partial charge is 0.244 e. The molecule has 1 N–H and O–H groups in total. The van der Waals surface area contributed by atoms with Crippen molar-refractivity contribution in [2.75, 3.05) is 17.1 Å². The van der Waals surface area contributed by atoms with Crippen LogP contribution in [0.4, 0.5) is 10.1 Å². The Bertz CT molecular complexity index is 1450. The number of rotatable bonds is 10. The number of anilines is 1. The number of halogens is 1. The second kappa shape index (κ2) is 12.6. The molecule has 2 amide bonds. The molecule has 3 aromatic rings.